The Morgan fingerprint density at radius 1 is 1.44 bits per heavy atom. The van der Waals surface area contributed by atoms with Gasteiger partial charge in [0.15, 0.2) is 0 Å². The van der Waals surface area contributed by atoms with Crippen molar-refractivity contribution in [3.63, 3.8) is 0 Å². The molecular weight excluding hydrogens is 274 g/mol. The molecule has 0 aliphatic carbocycles. The molecular formula is C12H12ClNO3S. The largest absolute Gasteiger partial charge is 0.478 e. The second-order valence-electron chi connectivity index (χ2n) is 4.04. The molecule has 0 spiro atoms. The van der Waals surface area contributed by atoms with Crippen molar-refractivity contribution >= 4 is 40.9 Å². The summed E-state index contributed by atoms with van der Waals surface area (Å²) >= 11 is 7.55. The zero-order chi connectivity index (χ0) is 13.1. The second kappa shape index (κ2) is 5.63. The van der Waals surface area contributed by atoms with Crippen LogP contribution in [-0.2, 0) is 4.79 Å². The quantitative estimate of drug-likeness (QED) is 0.896. The number of hydrogen-bond acceptors (Lipinski definition) is 3. The van der Waals surface area contributed by atoms with Crippen molar-refractivity contribution in [2.24, 2.45) is 5.92 Å². The summed E-state index contributed by atoms with van der Waals surface area (Å²) in [6.07, 6.45) is 0.833. The number of rotatable bonds is 3. The van der Waals surface area contributed by atoms with Crippen molar-refractivity contribution < 1.29 is 14.7 Å². The smallest absolute Gasteiger partial charge is 0.337 e. The number of carbonyl (C=O) groups is 2. The van der Waals surface area contributed by atoms with Gasteiger partial charge < -0.3 is 10.4 Å². The third-order valence-corrected chi connectivity index (χ3v) is 4.17. The fourth-order valence-corrected chi connectivity index (χ4v) is 3.17. The molecule has 96 valence electrons. The van der Waals surface area contributed by atoms with Crippen molar-refractivity contribution in [3.8, 4) is 0 Å². The lowest BCUT2D eigenvalue weighted by Crippen LogP contribution is -2.23. The number of halogens is 1. The Hall–Kier alpha value is -1.20. The van der Waals surface area contributed by atoms with Crippen LogP contribution in [0.15, 0.2) is 18.2 Å². The van der Waals surface area contributed by atoms with E-state index in [-0.39, 0.29) is 23.1 Å². The number of nitrogens with one attached hydrogen (secondary N) is 1. The summed E-state index contributed by atoms with van der Waals surface area (Å²) in [6, 6.07) is 4.35. The van der Waals surface area contributed by atoms with Crippen molar-refractivity contribution in [3.05, 3.63) is 28.8 Å². The molecule has 1 saturated heterocycles. The molecule has 1 heterocycles. The molecule has 18 heavy (non-hydrogen) atoms. The van der Waals surface area contributed by atoms with E-state index in [2.05, 4.69) is 5.32 Å². The number of aromatic carboxylic acids is 1. The first kappa shape index (κ1) is 13.2. The number of carbonyl (C=O) groups excluding carboxylic acids is 1. The second-order valence-corrected chi connectivity index (χ2v) is 5.63. The average Bonchev–Trinajstić information content (AvgIpc) is 2.81. The van der Waals surface area contributed by atoms with Crippen molar-refractivity contribution in [2.75, 3.05) is 16.8 Å². The minimum atomic E-state index is -1.08. The van der Waals surface area contributed by atoms with Gasteiger partial charge in [-0.2, -0.15) is 11.8 Å². The van der Waals surface area contributed by atoms with Crippen LogP contribution in [0.25, 0.3) is 0 Å². The maximum absolute atomic E-state index is 11.9. The van der Waals surface area contributed by atoms with Crippen LogP contribution in [0.5, 0.6) is 0 Å². The highest BCUT2D eigenvalue weighted by Gasteiger charge is 2.24. The lowest BCUT2D eigenvalue weighted by Gasteiger charge is -2.12. The Labute approximate surface area is 114 Å². The first-order valence-electron chi connectivity index (χ1n) is 5.49. The summed E-state index contributed by atoms with van der Waals surface area (Å²) in [5.41, 5.74) is 0.315. The molecule has 1 unspecified atom stereocenters. The van der Waals surface area contributed by atoms with E-state index >= 15 is 0 Å². The van der Waals surface area contributed by atoms with E-state index < -0.39 is 5.97 Å². The van der Waals surface area contributed by atoms with Gasteiger partial charge in [-0.15, -0.1) is 0 Å². The van der Waals surface area contributed by atoms with Gasteiger partial charge in [0, 0.05) is 16.7 Å². The van der Waals surface area contributed by atoms with Crippen molar-refractivity contribution in [2.45, 2.75) is 6.42 Å². The predicted molar refractivity (Wildman–Crippen MR) is 72.5 cm³/mol. The average molecular weight is 286 g/mol. The molecule has 1 aromatic carbocycles. The molecule has 1 fully saturated rings. The number of anilines is 1. The molecule has 0 radical (unpaired) electrons. The molecule has 2 N–H and O–H groups in total. The maximum Gasteiger partial charge on any atom is 0.337 e. The van der Waals surface area contributed by atoms with Crippen LogP contribution >= 0.6 is 23.4 Å². The van der Waals surface area contributed by atoms with Crippen LogP contribution in [0.3, 0.4) is 0 Å². The van der Waals surface area contributed by atoms with Crippen molar-refractivity contribution in [1.82, 2.24) is 0 Å². The zero-order valence-corrected chi connectivity index (χ0v) is 11.1. The first-order chi connectivity index (χ1) is 8.58. The van der Waals surface area contributed by atoms with Gasteiger partial charge >= 0.3 is 5.97 Å². The summed E-state index contributed by atoms with van der Waals surface area (Å²) in [4.78, 5) is 23.0. The maximum atomic E-state index is 11.9. The van der Waals surface area contributed by atoms with E-state index in [0.29, 0.717) is 5.02 Å². The zero-order valence-electron chi connectivity index (χ0n) is 9.48. The van der Waals surface area contributed by atoms with Crippen LogP contribution in [0.1, 0.15) is 16.8 Å². The van der Waals surface area contributed by atoms with Crippen LogP contribution in [0.4, 0.5) is 5.69 Å². The summed E-state index contributed by atoms with van der Waals surface area (Å²) < 4.78 is 0. The fourth-order valence-electron chi connectivity index (χ4n) is 1.78. The summed E-state index contributed by atoms with van der Waals surface area (Å²) in [5, 5.41) is 12.1. The van der Waals surface area contributed by atoms with Gasteiger partial charge in [0.25, 0.3) is 0 Å². The normalized spacial score (nSPS) is 18.6. The first-order valence-corrected chi connectivity index (χ1v) is 7.02. The molecule has 1 atom stereocenters. The minimum absolute atomic E-state index is 0.0457. The molecule has 6 heteroatoms. The van der Waals surface area contributed by atoms with E-state index in [1.165, 1.54) is 18.2 Å². The summed E-state index contributed by atoms with van der Waals surface area (Å²) in [5.74, 6) is 0.497. The van der Waals surface area contributed by atoms with Crippen LogP contribution in [0.2, 0.25) is 5.02 Å². The fraction of sp³-hybridized carbons (Fsp3) is 0.333. The SMILES string of the molecule is O=C(O)c1ccc(Cl)cc1NC(=O)C1CCSC1. The lowest BCUT2D eigenvalue weighted by atomic mass is 10.1. The number of hydrogen-bond donors (Lipinski definition) is 2. The molecule has 1 amide bonds. The molecule has 0 aromatic heterocycles. The Morgan fingerprint density at radius 3 is 2.83 bits per heavy atom. The Bertz CT molecular complexity index is 486. The highest BCUT2D eigenvalue weighted by Crippen LogP contribution is 2.26. The highest BCUT2D eigenvalue weighted by molar-refractivity contribution is 7.99. The predicted octanol–water partition coefficient (Wildman–Crippen LogP) is 2.73. The Balaban J connectivity index is 2.19. The highest BCUT2D eigenvalue weighted by atomic mass is 35.5. The van der Waals surface area contributed by atoms with Gasteiger partial charge in [-0.05, 0) is 30.4 Å². The molecule has 1 aromatic rings. The molecule has 1 aliphatic rings. The lowest BCUT2D eigenvalue weighted by molar-refractivity contribution is -0.119. The van der Waals surface area contributed by atoms with E-state index in [0.717, 1.165) is 17.9 Å². The van der Waals surface area contributed by atoms with Gasteiger partial charge in [0.05, 0.1) is 11.3 Å². The van der Waals surface area contributed by atoms with Crippen LogP contribution in [-0.4, -0.2) is 28.5 Å². The minimum Gasteiger partial charge on any atom is -0.478 e. The Morgan fingerprint density at radius 2 is 2.22 bits per heavy atom. The van der Waals surface area contributed by atoms with Gasteiger partial charge in [0.2, 0.25) is 5.91 Å². The van der Waals surface area contributed by atoms with Crippen LogP contribution < -0.4 is 5.32 Å². The molecule has 0 bridgehead atoms. The van der Waals surface area contributed by atoms with E-state index in [1.54, 1.807) is 11.8 Å². The topological polar surface area (TPSA) is 66.4 Å². The molecule has 4 nitrogen and oxygen atoms in total. The number of amides is 1. The number of carboxylic acids is 1. The third kappa shape index (κ3) is 2.97. The van der Waals surface area contributed by atoms with E-state index in [9.17, 15) is 9.59 Å². The summed E-state index contributed by atoms with van der Waals surface area (Å²) in [6.45, 7) is 0. The van der Waals surface area contributed by atoms with Crippen molar-refractivity contribution in [1.29, 1.82) is 0 Å². The summed E-state index contributed by atoms with van der Waals surface area (Å²) in [7, 11) is 0. The third-order valence-electron chi connectivity index (χ3n) is 2.77. The number of benzene rings is 1. The van der Waals surface area contributed by atoms with Crippen LogP contribution in [0, 0.1) is 5.92 Å². The van der Waals surface area contributed by atoms with E-state index in [1.807, 2.05) is 0 Å². The number of carboxylic acid groups (broad SMARTS) is 1. The van der Waals surface area contributed by atoms with Gasteiger partial charge in [0.1, 0.15) is 0 Å². The standard InChI is InChI=1S/C12H12ClNO3S/c13-8-1-2-9(12(16)17)10(5-8)14-11(15)7-3-4-18-6-7/h1-2,5,7H,3-4,6H2,(H,14,15)(H,16,17). The van der Waals surface area contributed by atoms with Gasteiger partial charge in [-0.3, -0.25) is 4.79 Å². The molecule has 2 rings (SSSR count). The van der Waals surface area contributed by atoms with Gasteiger partial charge in [-0.25, -0.2) is 4.79 Å². The van der Waals surface area contributed by atoms with E-state index in [4.69, 9.17) is 16.7 Å². The molecule has 0 saturated carbocycles. The monoisotopic (exact) mass is 285 g/mol. The van der Waals surface area contributed by atoms with Gasteiger partial charge in [-0.1, -0.05) is 11.6 Å². The molecule has 1 aliphatic heterocycles. The Kier molecular flexibility index (Phi) is 4.14. The number of thioether (sulfide) groups is 1.